The van der Waals surface area contributed by atoms with Crippen molar-refractivity contribution in [3.05, 3.63) is 29.8 Å². The van der Waals surface area contributed by atoms with Crippen molar-refractivity contribution in [3.63, 3.8) is 0 Å². The van der Waals surface area contributed by atoms with Gasteiger partial charge in [-0.25, -0.2) is 0 Å². The maximum atomic E-state index is 11.9. The highest BCUT2D eigenvalue weighted by Gasteiger charge is 2.26. The lowest BCUT2D eigenvalue weighted by Gasteiger charge is -2.26. The molecule has 7 heteroatoms. The number of aliphatic imine (C=N–C) groups is 1. The van der Waals surface area contributed by atoms with Crippen LogP contribution in [0.4, 0.5) is 5.69 Å². The maximum Gasteiger partial charge on any atom is 0.225 e. The normalized spacial score (nSPS) is 17.5. The number of carbonyl (C=O) groups excluding carboxylic acids is 2. The third-order valence-corrected chi connectivity index (χ3v) is 4.27. The molecule has 0 aromatic heterocycles. The summed E-state index contributed by atoms with van der Waals surface area (Å²) in [4.78, 5) is 27.8. The van der Waals surface area contributed by atoms with Crippen LogP contribution in [0.25, 0.3) is 0 Å². The van der Waals surface area contributed by atoms with E-state index in [1.165, 1.54) is 0 Å². The average Bonchev–Trinajstić information content (AvgIpc) is 2.56. The molecule has 0 aliphatic carbocycles. The summed E-state index contributed by atoms with van der Waals surface area (Å²) in [6.45, 7) is 7.07. The van der Waals surface area contributed by atoms with Gasteiger partial charge in [-0.1, -0.05) is 18.2 Å². The summed E-state index contributed by atoms with van der Waals surface area (Å²) >= 11 is 0. The van der Waals surface area contributed by atoms with Crippen LogP contribution in [0.5, 0.6) is 0 Å². The highest BCUT2D eigenvalue weighted by Crippen LogP contribution is 2.31. The highest BCUT2D eigenvalue weighted by atomic mass is 16.2. The first kappa shape index (κ1) is 18.8. The Kier molecular flexibility index (Phi) is 6.01. The number of fused-ring (bicyclic) bond motifs is 1. The molecule has 0 spiro atoms. The largest absolute Gasteiger partial charge is 0.369 e. The molecular formula is C18H27N5O2. The van der Waals surface area contributed by atoms with Crippen molar-refractivity contribution >= 4 is 23.5 Å². The molecule has 1 aliphatic rings. The van der Waals surface area contributed by atoms with Crippen LogP contribution in [0.3, 0.4) is 0 Å². The second-order valence-corrected chi connectivity index (χ2v) is 6.86. The molecule has 25 heavy (non-hydrogen) atoms. The van der Waals surface area contributed by atoms with Crippen molar-refractivity contribution in [2.45, 2.75) is 33.1 Å². The molecule has 0 saturated heterocycles. The van der Waals surface area contributed by atoms with Gasteiger partial charge < -0.3 is 21.7 Å². The number of nitrogens with one attached hydrogen (secondary N) is 3. The summed E-state index contributed by atoms with van der Waals surface area (Å²) in [5, 5.41) is 9.32. The van der Waals surface area contributed by atoms with Crippen LogP contribution in [0, 0.1) is 5.41 Å². The van der Waals surface area contributed by atoms with Gasteiger partial charge in [-0.15, -0.1) is 0 Å². The topological polar surface area (TPSA) is 109 Å². The standard InChI is InChI=1S/C18H27N5O2/c1-4-20-17(22-11-18(2,3)16(19)25)21-10-12-9-15(24)23-14-8-6-5-7-13(12)14/h5-8,12H,4,9-11H2,1-3H3,(H2,19,25)(H,23,24)(H2,20,21,22). The fourth-order valence-electron chi connectivity index (χ4n) is 2.60. The van der Waals surface area contributed by atoms with E-state index in [0.717, 1.165) is 11.3 Å². The van der Waals surface area contributed by atoms with E-state index in [0.29, 0.717) is 32.0 Å². The molecule has 7 nitrogen and oxygen atoms in total. The first-order chi connectivity index (χ1) is 11.8. The summed E-state index contributed by atoms with van der Waals surface area (Å²) < 4.78 is 0. The molecule has 1 aromatic carbocycles. The SMILES string of the molecule is CCNC(=NCC(C)(C)C(N)=O)NCC1CC(=O)Nc2ccccc21. The molecule has 1 atom stereocenters. The minimum Gasteiger partial charge on any atom is -0.369 e. The number of guanidine groups is 1. The van der Waals surface area contributed by atoms with Crippen LogP contribution in [0.1, 0.15) is 38.7 Å². The molecule has 0 saturated carbocycles. The van der Waals surface area contributed by atoms with Crippen LogP contribution in [0.2, 0.25) is 0 Å². The minimum atomic E-state index is -0.709. The van der Waals surface area contributed by atoms with Crippen molar-refractivity contribution in [2.24, 2.45) is 16.1 Å². The zero-order chi connectivity index (χ0) is 18.4. The molecule has 1 heterocycles. The zero-order valence-electron chi connectivity index (χ0n) is 15.1. The van der Waals surface area contributed by atoms with Crippen LogP contribution >= 0.6 is 0 Å². The second-order valence-electron chi connectivity index (χ2n) is 6.86. The molecule has 0 fully saturated rings. The summed E-state index contributed by atoms with van der Waals surface area (Å²) in [6.07, 6.45) is 0.427. The Morgan fingerprint density at radius 3 is 2.76 bits per heavy atom. The fourth-order valence-corrected chi connectivity index (χ4v) is 2.60. The molecule has 0 bridgehead atoms. The van der Waals surface area contributed by atoms with Crippen molar-refractivity contribution in [1.82, 2.24) is 10.6 Å². The fraction of sp³-hybridized carbons (Fsp3) is 0.500. The lowest BCUT2D eigenvalue weighted by atomic mass is 9.90. The predicted molar refractivity (Wildman–Crippen MR) is 99.4 cm³/mol. The van der Waals surface area contributed by atoms with Gasteiger partial charge in [0.2, 0.25) is 11.8 Å². The Labute approximate surface area is 148 Å². The predicted octanol–water partition coefficient (Wildman–Crippen LogP) is 1.18. The van der Waals surface area contributed by atoms with Crippen LogP contribution < -0.4 is 21.7 Å². The van der Waals surface area contributed by atoms with Crippen molar-refractivity contribution < 1.29 is 9.59 Å². The summed E-state index contributed by atoms with van der Waals surface area (Å²) in [7, 11) is 0. The molecular weight excluding hydrogens is 318 g/mol. The number of para-hydroxylation sites is 1. The van der Waals surface area contributed by atoms with E-state index >= 15 is 0 Å². The smallest absolute Gasteiger partial charge is 0.225 e. The zero-order valence-corrected chi connectivity index (χ0v) is 15.1. The summed E-state index contributed by atoms with van der Waals surface area (Å²) in [5.41, 5.74) is 6.66. The van der Waals surface area contributed by atoms with Gasteiger partial charge in [0, 0.05) is 31.1 Å². The number of benzene rings is 1. The molecule has 136 valence electrons. The van der Waals surface area contributed by atoms with Crippen LogP contribution in [-0.2, 0) is 9.59 Å². The maximum absolute atomic E-state index is 11.9. The van der Waals surface area contributed by atoms with E-state index in [2.05, 4.69) is 20.9 Å². The second kappa shape index (κ2) is 8.00. The number of amides is 2. The van der Waals surface area contributed by atoms with E-state index in [1.54, 1.807) is 13.8 Å². The van der Waals surface area contributed by atoms with Crippen molar-refractivity contribution in [1.29, 1.82) is 0 Å². The minimum absolute atomic E-state index is 0.0160. The van der Waals surface area contributed by atoms with Crippen molar-refractivity contribution in [2.75, 3.05) is 25.0 Å². The first-order valence-electron chi connectivity index (χ1n) is 8.54. The number of rotatable bonds is 6. The average molecular weight is 345 g/mol. The Hall–Kier alpha value is -2.57. The number of nitrogens with zero attached hydrogens (tertiary/aromatic N) is 1. The number of nitrogens with two attached hydrogens (primary N) is 1. The number of carbonyl (C=O) groups is 2. The van der Waals surface area contributed by atoms with Gasteiger partial charge in [-0.2, -0.15) is 0 Å². The highest BCUT2D eigenvalue weighted by molar-refractivity contribution is 5.94. The van der Waals surface area contributed by atoms with E-state index in [-0.39, 0.29) is 17.7 Å². The van der Waals surface area contributed by atoms with Gasteiger partial charge in [0.25, 0.3) is 0 Å². The number of anilines is 1. The molecule has 1 aromatic rings. The van der Waals surface area contributed by atoms with Gasteiger partial charge in [0.05, 0.1) is 12.0 Å². The van der Waals surface area contributed by atoms with E-state index < -0.39 is 5.41 Å². The Balaban J connectivity index is 2.06. The number of hydrogen-bond donors (Lipinski definition) is 4. The monoisotopic (exact) mass is 345 g/mol. The number of hydrogen-bond acceptors (Lipinski definition) is 3. The molecule has 5 N–H and O–H groups in total. The van der Waals surface area contributed by atoms with E-state index in [1.807, 2.05) is 31.2 Å². The third kappa shape index (κ3) is 4.95. The third-order valence-electron chi connectivity index (χ3n) is 4.27. The Bertz CT molecular complexity index is 669. The molecule has 1 unspecified atom stereocenters. The van der Waals surface area contributed by atoms with Crippen molar-refractivity contribution in [3.8, 4) is 0 Å². The lowest BCUT2D eigenvalue weighted by molar-refractivity contribution is -0.125. The van der Waals surface area contributed by atoms with E-state index in [4.69, 9.17) is 5.73 Å². The first-order valence-corrected chi connectivity index (χ1v) is 8.54. The summed E-state index contributed by atoms with van der Waals surface area (Å²) in [6, 6.07) is 7.82. The molecule has 2 amide bonds. The Morgan fingerprint density at radius 1 is 1.36 bits per heavy atom. The lowest BCUT2D eigenvalue weighted by Crippen LogP contribution is -2.42. The van der Waals surface area contributed by atoms with Gasteiger partial charge in [-0.05, 0) is 32.4 Å². The van der Waals surface area contributed by atoms with Gasteiger partial charge in [-0.3, -0.25) is 14.6 Å². The van der Waals surface area contributed by atoms with Crippen LogP contribution in [-0.4, -0.2) is 37.4 Å². The molecule has 1 aliphatic heterocycles. The van der Waals surface area contributed by atoms with Gasteiger partial charge in [0.15, 0.2) is 5.96 Å². The molecule has 0 radical (unpaired) electrons. The van der Waals surface area contributed by atoms with Gasteiger partial charge >= 0.3 is 0 Å². The van der Waals surface area contributed by atoms with Gasteiger partial charge in [0.1, 0.15) is 0 Å². The van der Waals surface area contributed by atoms with E-state index in [9.17, 15) is 9.59 Å². The summed E-state index contributed by atoms with van der Waals surface area (Å²) in [5.74, 6) is 0.311. The number of primary amides is 1. The Morgan fingerprint density at radius 2 is 2.08 bits per heavy atom. The van der Waals surface area contributed by atoms with Crippen LogP contribution in [0.15, 0.2) is 29.3 Å². The quantitative estimate of drug-likeness (QED) is 0.458. The molecule has 2 rings (SSSR count).